The molecule has 4 heteroatoms. The van der Waals surface area contributed by atoms with Crippen molar-refractivity contribution in [1.29, 1.82) is 5.41 Å². The van der Waals surface area contributed by atoms with Crippen LogP contribution in [0.4, 0.5) is 0 Å². The van der Waals surface area contributed by atoms with Crippen LogP contribution in [0.5, 0.6) is 0 Å². The van der Waals surface area contributed by atoms with Crippen LogP contribution in [0.2, 0.25) is 0 Å². The average Bonchev–Trinajstić information content (AvgIpc) is 2.06. The lowest BCUT2D eigenvalue weighted by molar-refractivity contribution is 0.325. The number of nitrogens with zero attached hydrogens (tertiary/aromatic N) is 1. The fraction of sp³-hybridized carbons (Fsp3) is 0.250. The minimum Gasteiger partial charge on any atom is -0.478 e. The molecule has 0 unspecified atom stereocenters. The molecule has 0 aliphatic carbocycles. The molecule has 1 rings (SSSR count). The van der Waals surface area contributed by atoms with Crippen LogP contribution in [-0.2, 0) is 4.74 Å². The van der Waals surface area contributed by atoms with Crippen LogP contribution < -0.4 is 0 Å². The summed E-state index contributed by atoms with van der Waals surface area (Å²) in [5, 5.41) is 7.42. The summed E-state index contributed by atoms with van der Waals surface area (Å²) in [6.07, 6.45) is 1.60. The van der Waals surface area contributed by atoms with Crippen molar-refractivity contribution in [3.8, 4) is 0 Å². The van der Waals surface area contributed by atoms with E-state index < -0.39 is 0 Å². The molecule has 1 aromatic heterocycles. The maximum atomic E-state index is 7.42. The molecular weight excluding hydrogens is 220 g/mol. The number of aromatic nitrogens is 1. The fourth-order valence-electron chi connectivity index (χ4n) is 0.738. The lowest BCUT2D eigenvalue weighted by atomic mass is 10.3. The summed E-state index contributed by atoms with van der Waals surface area (Å²) < 4.78 is 5.76. The van der Waals surface area contributed by atoms with E-state index in [9.17, 15) is 0 Å². The zero-order valence-electron chi connectivity index (χ0n) is 6.67. The Morgan fingerprint density at radius 2 is 2.42 bits per heavy atom. The van der Waals surface area contributed by atoms with Crippen LogP contribution in [0.15, 0.2) is 22.9 Å². The first kappa shape index (κ1) is 9.19. The smallest absolute Gasteiger partial charge is 0.214 e. The molecule has 3 nitrogen and oxygen atoms in total. The minimum absolute atomic E-state index is 0.164. The molecule has 0 spiro atoms. The second kappa shape index (κ2) is 4.21. The molecule has 0 amide bonds. The second-order valence-corrected chi connectivity index (χ2v) is 2.94. The van der Waals surface area contributed by atoms with Gasteiger partial charge in [-0.05, 0) is 35.0 Å². The Kier molecular flexibility index (Phi) is 3.22. The van der Waals surface area contributed by atoms with Gasteiger partial charge in [-0.3, -0.25) is 5.41 Å². The Morgan fingerprint density at radius 3 is 2.92 bits per heavy atom. The lowest BCUT2D eigenvalue weighted by Gasteiger charge is -2.03. The van der Waals surface area contributed by atoms with E-state index in [-0.39, 0.29) is 5.90 Å². The van der Waals surface area contributed by atoms with Gasteiger partial charge in [0.25, 0.3) is 0 Å². The molecule has 0 radical (unpaired) electrons. The van der Waals surface area contributed by atoms with E-state index in [1.165, 1.54) is 0 Å². The Morgan fingerprint density at radius 1 is 1.67 bits per heavy atom. The monoisotopic (exact) mass is 228 g/mol. The van der Waals surface area contributed by atoms with E-state index >= 15 is 0 Å². The normalized spacial score (nSPS) is 9.50. The van der Waals surface area contributed by atoms with E-state index in [1.54, 1.807) is 18.3 Å². The van der Waals surface area contributed by atoms with Gasteiger partial charge >= 0.3 is 0 Å². The summed E-state index contributed by atoms with van der Waals surface area (Å²) in [6.45, 7) is 2.36. The van der Waals surface area contributed by atoms with E-state index in [2.05, 4.69) is 20.9 Å². The molecule has 0 saturated carbocycles. The van der Waals surface area contributed by atoms with E-state index in [1.807, 2.05) is 6.92 Å². The second-order valence-electron chi connectivity index (χ2n) is 2.13. The maximum absolute atomic E-state index is 7.42. The molecule has 12 heavy (non-hydrogen) atoms. The molecule has 1 N–H and O–H groups in total. The number of rotatable bonds is 2. The van der Waals surface area contributed by atoms with Gasteiger partial charge in [-0.1, -0.05) is 0 Å². The van der Waals surface area contributed by atoms with E-state index in [4.69, 9.17) is 10.1 Å². The molecule has 0 atom stereocenters. The van der Waals surface area contributed by atoms with Gasteiger partial charge in [0.2, 0.25) is 5.90 Å². The highest BCUT2D eigenvalue weighted by Gasteiger charge is 2.00. The van der Waals surface area contributed by atoms with Crippen LogP contribution in [0.25, 0.3) is 0 Å². The number of hydrogen-bond donors (Lipinski definition) is 1. The highest BCUT2D eigenvalue weighted by atomic mass is 79.9. The Hall–Kier alpha value is -0.900. The van der Waals surface area contributed by atoms with Crippen LogP contribution >= 0.6 is 15.9 Å². The third-order valence-electron chi connectivity index (χ3n) is 1.28. The SMILES string of the molecule is CCOC(=N)c1ccc(Br)nc1. The summed E-state index contributed by atoms with van der Waals surface area (Å²) in [6, 6.07) is 3.57. The number of halogens is 1. The first-order chi connectivity index (χ1) is 5.74. The molecular formula is C8H9BrN2O. The molecule has 1 heterocycles. The third kappa shape index (κ3) is 2.30. The maximum Gasteiger partial charge on any atom is 0.214 e. The first-order valence-electron chi connectivity index (χ1n) is 3.57. The van der Waals surface area contributed by atoms with Crippen LogP contribution in [0, 0.1) is 5.41 Å². The van der Waals surface area contributed by atoms with Gasteiger partial charge in [0.15, 0.2) is 0 Å². The molecule has 64 valence electrons. The zero-order chi connectivity index (χ0) is 8.97. The minimum atomic E-state index is 0.164. The Labute approximate surface area is 79.4 Å². The summed E-state index contributed by atoms with van der Waals surface area (Å²) >= 11 is 3.21. The van der Waals surface area contributed by atoms with Gasteiger partial charge in [0.1, 0.15) is 4.60 Å². The van der Waals surface area contributed by atoms with Crippen molar-refractivity contribution in [3.63, 3.8) is 0 Å². The highest BCUT2D eigenvalue weighted by molar-refractivity contribution is 9.10. The van der Waals surface area contributed by atoms with Crippen LogP contribution in [0.3, 0.4) is 0 Å². The topological polar surface area (TPSA) is 46.0 Å². The number of ether oxygens (including phenoxy) is 1. The van der Waals surface area contributed by atoms with Gasteiger partial charge in [-0.2, -0.15) is 0 Å². The van der Waals surface area contributed by atoms with Crippen LogP contribution in [-0.4, -0.2) is 17.5 Å². The van der Waals surface area contributed by atoms with Crippen molar-refractivity contribution in [2.75, 3.05) is 6.61 Å². The summed E-state index contributed by atoms with van der Waals surface area (Å²) in [5.41, 5.74) is 0.694. The van der Waals surface area contributed by atoms with Crippen molar-refractivity contribution in [2.24, 2.45) is 0 Å². The van der Waals surface area contributed by atoms with Crippen molar-refractivity contribution >= 4 is 21.8 Å². The molecule has 0 saturated heterocycles. The Balaban J connectivity index is 2.75. The van der Waals surface area contributed by atoms with Gasteiger partial charge in [-0.25, -0.2) is 4.98 Å². The lowest BCUT2D eigenvalue weighted by Crippen LogP contribution is -2.04. The third-order valence-corrected chi connectivity index (χ3v) is 1.75. The average molecular weight is 229 g/mol. The quantitative estimate of drug-likeness (QED) is 0.480. The predicted octanol–water partition coefficient (Wildman–Crippen LogP) is 2.21. The number of hydrogen-bond acceptors (Lipinski definition) is 3. The van der Waals surface area contributed by atoms with Crippen molar-refractivity contribution in [1.82, 2.24) is 4.98 Å². The first-order valence-corrected chi connectivity index (χ1v) is 4.36. The van der Waals surface area contributed by atoms with Crippen LogP contribution in [0.1, 0.15) is 12.5 Å². The van der Waals surface area contributed by atoms with Gasteiger partial charge in [-0.15, -0.1) is 0 Å². The standard InChI is InChI=1S/C8H9BrN2O/c1-2-12-8(10)6-3-4-7(9)11-5-6/h3-5,10H,2H2,1H3. The van der Waals surface area contributed by atoms with E-state index in [0.717, 1.165) is 4.60 Å². The summed E-state index contributed by atoms with van der Waals surface area (Å²) in [7, 11) is 0. The molecule has 0 aliphatic heterocycles. The van der Waals surface area contributed by atoms with Gasteiger partial charge < -0.3 is 4.74 Å². The summed E-state index contributed by atoms with van der Waals surface area (Å²) in [5.74, 6) is 0.164. The number of nitrogens with one attached hydrogen (secondary N) is 1. The highest BCUT2D eigenvalue weighted by Crippen LogP contribution is 2.06. The van der Waals surface area contributed by atoms with Crippen molar-refractivity contribution in [2.45, 2.75) is 6.92 Å². The molecule has 0 aromatic carbocycles. The largest absolute Gasteiger partial charge is 0.478 e. The zero-order valence-corrected chi connectivity index (χ0v) is 8.26. The van der Waals surface area contributed by atoms with E-state index in [0.29, 0.717) is 12.2 Å². The Bertz CT molecular complexity index is 271. The number of pyridine rings is 1. The fourth-order valence-corrected chi connectivity index (χ4v) is 0.972. The molecule has 0 aliphatic rings. The summed E-state index contributed by atoms with van der Waals surface area (Å²) in [4.78, 5) is 3.98. The van der Waals surface area contributed by atoms with Crippen molar-refractivity contribution in [3.05, 3.63) is 28.5 Å². The van der Waals surface area contributed by atoms with Gasteiger partial charge in [0, 0.05) is 6.20 Å². The molecule has 0 fully saturated rings. The molecule has 0 bridgehead atoms. The molecule has 1 aromatic rings. The van der Waals surface area contributed by atoms with Crippen molar-refractivity contribution < 1.29 is 4.74 Å². The predicted molar refractivity (Wildman–Crippen MR) is 50.4 cm³/mol. The van der Waals surface area contributed by atoms with Gasteiger partial charge in [0.05, 0.1) is 12.2 Å².